The zero-order valence-corrected chi connectivity index (χ0v) is 11.0. The number of hydrogen-bond donors (Lipinski definition) is 3. The van der Waals surface area contributed by atoms with E-state index in [1.165, 1.54) is 11.0 Å². The van der Waals surface area contributed by atoms with E-state index in [9.17, 15) is 9.59 Å². The highest BCUT2D eigenvalue weighted by atomic mass is 16.4. The van der Waals surface area contributed by atoms with Crippen LogP contribution < -0.4 is 10.6 Å². The standard InChI is InChI=1S/C12H18N4O3/c1-16(2)12(19)14-7-6-13-8-9-4-3-5-10(15-9)11(17)18/h3-5,13H,6-8H2,1-2H3,(H,14,19)(H,17,18). The fourth-order valence-corrected chi connectivity index (χ4v) is 1.33. The minimum atomic E-state index is -1.04. The summed E-state index contributed by atoms with van der Waals surface area (Å²) in [6.07, 6.45) is 0. The number of aromatic nitrogens is 1. The number of carbonyl (C=O) groups excluding carboxylic acids is 1. The number of amides is 2. The second-order valence-corrected chi connectivity index (χ2v) is 4.12. The smallest absolute Gasteiger partial charge is 0.354 e. The Bertz CT molecular complexity index is 448. The summed E-state index contributed by atoms with van der Waals surface area (Å²) in [6, 6.07) is 4.70. The molecular formula is C12H18N4O3. The average Bonchev–Trinajstić information content (AvgIpc) is 2.38. The van der Waals surface area contributed by atoms with E-state index in [4.69, 9.17) is 5.11 Å². The molecule has 1 aromatic heterocycles. The maximum Gasteiger partial charge on any atom is 0.354 e. The highest BCUT2D eigenvalue weighted by molar-refractivity contribution is 5.85. The second-order valence-electron chi connectivity index (χ2n) is 4.12. The number of urea groups is 1. The molecule has 7 heteroatoms. The first-order valence-electron chi connectivity index (χ1n) is 5.86. The highest BCUT2D eigenvalue weighted by Gasteiger charge is 2.05. The third-order valence-electron chi connectivity index (χ3n) is 2.32. The van der Waals surface area contributed by atoms with Crippen LogP contribution in [-0.4, -0.2) is 54.2 Å². The summed E-state index contributed by atoms with van der Waals surface area (Å²) in [6.45, 7) is 1.53. The Hall–Kier alpha value is -2.15. The lowest BCUT2D eigenvalue weighted by Crippen LogP contribution is -2.38. The van der Waals surface area contributed by atoms with E-state index in [0.717, 1.165) is 0 Å². The van der Waals surface area contributed by atoms with E-state index < -0.39 is 5.97 Å². The third kappa shape index (κ3) is 5.35. The Balaban J connectivity index is 2.28. The van der Waals surface area contributed by atoms with Gasteiger partial charge in [-0.15, -0.1) is 0 Å². The van der Waals surface area contributed by atoms with Crippen molar-refractivity contribution in [2.45, 2.75) is 6.54 Å². The van der Waals surface area contributed by atoms with E-state index >= 15 is 0 Å². The summed E-state index contributed by atoms with van der Waals surface area (Å²) >= 11 is 0. The molecule has 0 fully saturated rings. The van der Waals surface area contributed by atoms with Crippen LogP contribution >= 0.6 is 0 Å². The summed E-state index contributed by atoms with van der Waals surface area (Å²) in [7, 11) is 3.34. The fourth-order valence-electron chi connectivity index (χ4n) is 1.33. The SMILES string of the molecule is CN(C)C(=O)NCCNCc1cccc(C(=O)O)n1. The van der Waals surface area contributed by atoms with Crippen LogP contribution in [0, 0.1) is 0 Å². The molecular weight excluding hydrogens is 248 g/mol. The molecule has 3 N–H and O–H groups in total. The maximum absolute atomic E-state index is 11.2. The monoisotopic (exact) mass is 266 g/mol. The van der Waals surface area contributed by atoms with Crippen molar-refractivity contribution in [3.63, 3.8) is 0 Å². The summed E-state index contributed by atoms with van der Waals surface area (Å²) < 4.78 is 0. The molecule has 0 aliphatic carbocycles. The number of nitrogens with zero attached hydrogens (tertiary/aromatic N) is 2. The van der Waals surface area contributed by atoms with Crippen LogP contribution in [0.25, 0.3) is 0 Å². The largest absolute Gasteiger partial charge is 0.477 e. The molecule has 0 unspecified atom stereocenters. The molecule has 0 saturated heterocycles. The van der Waals surface area contributed by atoms with Gasteiger partial charge >= 0.3 is 12.0 Å². The molecule has 0 spiro atoms. The van der Waals surface area contributed by atoms with Crippen LogP contribution in [0.5, 0.6) is 0 Å². The van der Waals surface area contributed by atoms with Gasteiger partial charge in [0, 0.05) is 33.7 Å². The Morgan fingerprint density at radius 1 is 1.32 bits per heavy atom. The quantitative estimate of drug-likeness (QED) is 0.637. The second kappa shape index (κ2) is 7.32. The molecule has 19 heavy (non-hydrogen) atoms. The first-order valence-corrected chi connectivity index (χ1v) is 5.86. The Morgan fingerprint density at radius 2 is 2.05 bits per heavy atom. The van der Waals surface area contributed by atoms with Crippen LogP contribution in [-0.2, 0) is 6.54 Å². The molecule has 0 bridgehead atoms. The molecule has 0 atom stereocenters. The molecule has 2 amide bonds. The molecule has 0 aliphatic heterocycles. The van der Waals surface area contributed by atoms with Gasteiger partial charge < -0.3 is 20.6 Å². The number of carboxylic acids is 1. The molecule has 104 valence electrons. The molecule has 0 radical (unpaired) electrons. The van der Waals surface area contributed by atoms with Crippen LogP contribution in [0.2, 0.25) is 0 Å². The summed E-state index contributed by atoms with van der Waals surface area (Å²) in [5.74, 6) is -1.04. The number of nitrogens with one attached hydrogen (secondary N) is 2. The van der Waals surface area contributed by atoms with Crippen molar-refractivity contribution in [3.8, 4) is 0 Å². The number of carbonyl (C=O) groups is 2. The van der Waals surface area contributed by atoms with Crippen molar-refractivity contribution < 1.29 is 14.7 Å². The molecule has 7 nitrogen and oxygen atoms in total. The van der Waals surface area contributed by atoms with Gasteiger partial charge in [-0.2, -0.15) is 0 Å². The van der Waals surface area contributed by atoms with E-state index in [-0.39, 0.29) is 11.7 Å². The third-order valence-corrected chi connectivity index (χ3v) is 2.32. The highest BCUT2D eigenvalue weighted by Crippen LogP contribution is 1.99. The first-order chi connectivity index (χ1) is 9.00. The number of hydrogen-bond acceptors (Lipinski definition) is 4. The number of pyridine rings is 1. The van der Waals surface area contributed by atoms with Crippen LogP contribution in [0.1, 0.15) is 16.2 Å². The lowest BCUT2D eigenvalue weighted by molar-refractivity contribution is 0.0690. The van der Waals surface area contributed by atoms with Gasteiger partial charge in [0.2, 0.25) is 0 Å². The van der Waals surface area contributed by atoms with Crippen molar-refractivity contribution in [2.24, 2.45) is 0 Å². The van der Waals surface area contributed by atoms with Gasteiger partial charge in [0.1, 0.15) is 5.69 Å². The number of aromatic carboxylic acids is 1. The normalized spacial score (nSPS) is 10.0. The molecule has 0 aliphatic rings. The van der Waals surface area contributed by atoms with Crippen molar-refractivity contribution in [3.05, 3.63) is 29.6 Å². The van der Waals surface area contributed by atoms with E-state index in [1.54, 1.807) is 26.2 Å². The number of rotatable bonds is 6. The Morgan fingerprint density at radius 3 is 2.68 bits per heavy atom. The lowest BCUT2D eigenvalue weighted by atomic mass is 10.3. The summed E-state index contributed by atoms with van der Waals surface area (Å²) in [5.41, 5.74) is 0.680. The number of carboxylic acid groups (broad SMARTS) is 1. The lowest BCUT2D eigenvalue weighted by Gasteiger charge is -2.12. The van der Waals surface area contributed by atoms with E-state index in [2.05, 4.69) is 15.6 Å². The maximum atomic E-state index is 11.2. The van der Waals surface area contributed by atoms with Gasteiger partial charge in [0.25, 0.3) is 0 Å². The Kier molecular flexibility index (Phi) is 5.74. The van der Waals surface area contributed by atoms with Crippen molar-refractivity contribution >= 4 is 12.0 Å². The molecule has 0 aromatic carbocycles. The summed E-state index contributed by atoms with van der Waals surface area (Å²) in [4.78, 5) is 27.4. The zero-order chi connectivity index (χ0) is 14.3. The minimum absolute atomic E-state index is 0.0280. The van der Waals surface area contributed by atoms with Gasteiger partial charge in [-0.05, 0) is 12.1 Å². The average molecular weight is 266 g/mol. The van der Waals surface area contributed by atoms with Crippen molar-refractivity contribution in [1.82, 2.24) is 20.5 Å². The minimum Gasteiger partial charge on any atom is -0.477 e. The predicted molar refractivity (Wildman–Crippen MR) is 70.0 cm³/mol. The first kappa shape index (κ1) is 14.9. The fraction of sp³-hybridized carbons (Fsp3) is 0.417. The van der Waals surface area contributed by atoms with E-state index in [0.29, 0.717) is 25.3 Å². The van der Waals surface area contributed by atoms with Gasteiger partial charge in [0.15, 0.2) is 0 Å². The van der Waals surface area contributed by atoms with Crippen LogP contribution in [0.15, 0.2) is 18.2 Å². The molecule has 1 aromatic rings. The Labute approximate surface area is 111 Å². The summed E-state index contributed by atoms with van der Waals surface area (Å²) in [5, 5.41) is 14.6. The van der Waals surface area contributed by atoms with Crippen LogP contribution in [0.3, 0.4) is 0 Å². The molecule has 1 heterocycles. The molecule has 0 saturated carbocycles. The van der Waals surface area contributed by atoms with Crippen molar-refractivity contribution in [2.75, 3.05) is 27.2 Å². The predicted octanol–water partition coefficient (Wildman–Crippen LogP) is 0.141. The van der Waals surface area contributed by atoms with E-state index in [1.807, 2.05) is 0 Å². The van der Waals surface area contributed by atoms with Crippen LogP contribution in [0.4, 0.5) is 4.79 Å². The van der Waals surface area contributed by atoms with Crippen molar-refractivity contribution in [1.29, 1.82) is 0 Å². The van der Waals surface area contributed by atoms with Gasteiger partial charge in [-0.25, -0.2) is 14.6 Å². The molecule has 1 rings (SSSR count). The van der Waals surface area contributed by atoms with Gasteiger partial charge in [-0.1, -0.05) is 6.07 Å². The zero-order valence-electron chi connectivity index (χ0n) is 11.0. The topological polar surface area (TPSA) is 94.6 Å². The van der Waals surface area contributed by atoms with Gasteiger partial charge in [-0.3, -0.25) is 0 Å². The van der Waals surface area contributed by atoms with Gasteiger partial charge in [0.05, 0.1) is 5.69 Å².